The predicted molar refractivity (Wildman–Crippen MR) is 70.6 cm³/mol. The molecule has 0 saturated carbocycles. The zero-order valence-electron chi connectivity index (χ0n) is 10.3. The zero-order valence-corrected chi connectivity index (χ0v) is 11.1. The lowest BCUT2D eigenvalue weighted by Gasteiger charge is -2.38. The Kier molecular flexibility index (Phi) is 3.92. The number of halogens is 1. The second kappa shape index (κ2) is 5.25. The number of piperidine rings is 1. The number of hydrogen-bond donors (Lipinski definition) is 1. The standard InChI is InChI=1S/C13H19ClN2O/c1-16-8-4-6-10(15)13(16)12-9(14)5-3-7-11(12)17-2/h3,5,7,10,13H,4,6,8,15H2,1-2H3. The summed E-state index contributed by atoms with van der Waals surface area (Å²) >= 11 is 6.31. The number of nitrogens with zero attached hydrogens (tertiary/aromatic N) is 1. The third kappa shape index (κ3) is 2.41. The van der Waals surface area contributed by atoms with Gasteiger partial charge in [-0.3, -0.25) is 4.90 Å². The topological polar surface area (TPSA) is 38.5 Å². The van der Waals surface area contributed by atoms with Gasteiger partial charge >= 0.3 is 0 Å². The first-order valence-electron chi connectivity index (χ1n) is 5.93. The van der Waals surface area contributed by atoms with Gasteiger partial charge in [-0.25, -0.2) is 0 Å². The van der Waals surface area contributed by atoms with Crippen molar-refractivity contribution in [2.75, 3.05) is 20.7 Å². The summed E-state index contributed by atoms with van der Waals surface area (Å²) in [7, 11) is 3.76. The lowest BCUT2D eigenvalue weighted by atomic mass is 9.91. The van der Waals surface area contributed by atoms with Gasteiger partial charge in [0.05, 0.1) is 13.2 Å². The minimum Gasteiger partial charge on any atom is -0.496 e. The number of ether oxygens (including phenoxy) is 1. The molecule has 1 aliphatic rings. The minimum absolute atomic E-state index is 0.113. The fraction of sp³-hybridized carbons (Fsp3) is 0.538. The molecule has 1 fully saturated rings. The first kappa shape index (κ1) is 12.7. The average Bonchev–Trinajstić information content (AvgIpc) is 2.30. The number of benzene rings is 1. The Bertz CT molecular complexity index is 387. The van der Waals surface area contributed by atoms with Gasteiger partial charge < -0.3 is 10.5 Å². The van der Waals surface area contributed by atoms with E-state index in [-0.39, 0.29) is 12.1 Å². The SMILES string of the molecule is COc1cccc(Cl)c1C1C(N)CCCN1C. The first-order valence-corrected chi connectivity index (χ1v) is 6.31. The minimum atomic E-state index is 0.113. The van der Waals surface area contributed by atoms with Crippen molar-refractivity contribution in [3.63, 3.8) is 0 Å². The van der Waals surface area contributed by atoms with Crippen molar-refractivity contribution >= 4 is 11.6 Å². The van der Waals surface area contributed by atoms with Gasteiger partial charge in [0.25, 0.3) is 0 Å². The van der Waals surface area contributed by atoms with Crippen LogP contribution in [0.4, 0.5) is 0 Å². The number of likely N-dealkylation sites (tertiary alicyclic amines) is 1. The van der Waals surface area contributed by atoms with Crippen molar-refractivity contribution in [2.24, 2.45) is 5.73 Å². The maximum absolute atomic E-state index is 6.31. The van der Waals surface area contributed by atoms with E-state index in [1.807, 2.05) is 18.2 Å². The highest BCUT2D eigenvalue weighted by atomic mass is 35.5. The molecule has 2 unspecified atom stereocenters. The molecule has 1 heterocycles. The van der Waals surface area contributed by atoms with Gasteiger partial charge in [0, 0.05) is 16.6 Å². The van der Waals surface area contributed by atoms with Crippen LogP contribution in [0.25, 0.3) is 0 Å². The molecule has 17 heavy (non-hydrogen) atoms. The summed E-state index contributed by atoms with van der Waals surface area (Å²) in [5.41, 5.74) is 7.26. The van der Waals surface area contributed by atoms with Crippen LogP contribution in [0.15, 0.2) is 18.2 Å². The molecule has 1 aromatic carbocycles. The molecule has 2 atom stereocenters. The molecule has 1 aliphatic heterocycles. The molecule has 2 N–H and O–H groups in total. The molecule has 94 valence electrons. The maximum atomic E-state index is 6.31. The summed E-state index contributed by atoms with van der Waals surface area (Å²) in [6.45, 7) is 1.05. The Morgan fingerprint density at radius 3 is 2.88 bits per heavy atom. The fourth-order valence-electron chi connectivity index (χ4n) is 2.62. The summed E-state index contributed by atoms with van der Waals surface area (Å²) in [5, 5.41) is 0.735. The molecule has 0 radical (unpaired) electrons. The van der Waals surface area contributed by atoms with E-state index >= 15 is 0 Å². The summed E-state index contributed by atoms with van der Waals surface area (Å²) in [6.07, 6.45) is 2.17. The summed E-state index contributed by atoms with van der Waals surface area (Å²) < 4.78 is 5.41. The van der Waals surface area contributed by atoms with Crippen LogP contribution in [0.2, 0.25) is 5.02 Å². The van der Waals surface area contributed by atoms with Crippen molar-refractivity contribution in [1.29, 1.82) is 0 Å². The van der Waals surface area contributed by atoms with E-state index in [0.29, 0.717) is 0 Å². The predicted octanol–water partition coefficient (Wildman–Crippen LogP) is 2.44. The molecule has 0 spiro atoms. The highest BCUT2D eigenvalue weighted by Crippen LogP contribution is 2.38. The zero-order chi connectivity index (χ0) is 12.4. The second-order valence-electron chi connectivity index (χ2n) is 4.59. The Labute approximate surface area is 107 Å². The number of nitrogens with two attached hydrogens (primary N) is 1. The van der Waals surface area contributed by atoms with Gasteiger partial charge in [0.2, 0.25) is 0 Å². The summed E-state index contributed by atoms with van der Waals surface area (Å²) in [5.74, 6) is 0.826. The van der Waals surface area contributed by atoms with Gasteiger partial charge in [0.15, 0.2) is 0 Å². The van der Waals surface area contributed by atoms with E-state index in [1.165, 1.54) is 0 Å². The molecule has 0 amide bonds. The lowest BCUT2D eigenvalue weighted by Crippen LogP contribution is -2.44. The second-order valence-corrected chi connectivity index (χ2v) is 4.99. The van der Waals surface area contributed by atoms with Crippen LogP contribution in [0.1, 0.15) is 24.4 Å². The molecule has 0 aromatic heterocycles. The highest BCUT2D eigenvalue weighted by molar-refractivity contribution is 6.31. The van der Waals surface area contributed by atoms with E-state index in [2.05, 4.69) is 11.9 Å². The molecule has 2 rings (SSSR count). The Morgan fingerprint density at radius 1 is 1.47 bits per heavy atom. The molecular formula is C13H19ClN2O. The summed E-state index contributed by atoms with van der Waals surface area (Å²) in [4.78, 5) is 2.26. The van der Waals surface area contributed by atoms with Gasteiger partial charge in [0.1, 0.15) is 5.75 Å². The van der Waals surface area contributed by atoms with Crippen molar-refractivity contribution in [3.8, 4) is 5.75 Å². The molecule has 0 bridgehead atoms. The summed E-state index contributed by atoms with van der Waals surface area (Å²) in [6, 6.07) is 6.00. The normalized spacial score (nSPS) is 25.9. The average molecular weight is 255 g/mol. The number of methoxy groups -OCH3 is 1. The number of hydrogen-bond acceptors (Lipinski definition) is 3. The van der Waals surface area contributed by atoms with Crippen LogP contribution in [0, 0.1) is 0 Å². The van der Waals surface area contributed by atoms with Crippen LogP contribution in [0.3, 0.4) is 0 Å². The van der Waals surface area contributed by atoms with E-state index in [0.717, 1.165) is 35.7 Å². The van der Waals surface area contributed by atoms with Gasteiger partial charge in [-0.15, -0.1) is 0 Å². The molecule has 3 nitrogen and oxygen atoms in total. The van der Waals surface area contributed by atoms with Crippen LogP contribution < -0.4 is 10.5 Å². The monoisotopic (exact) mass is 254 g/mol. The van der Waals surface area contributed by atoms with Gasteiger partial charge in [-0.05, 0) is 38.6 Å². The van der Waals surface area contributed by atoms with Gasteiger partial charge in [-0.2, -0.15) is 0 Å². The highest BCUT2D eigenvalue weighted by Gasteiger charge is 2.31. The molecule has 1 aromatic rings. The Morgan fingerprint density at radius 2 is 2.24 bits per heavy atom. The van der Waals surface area contributed by atoms with Crippen molar-refractivity contribution in [3.05, 3.63) is 28.8 Å². The Balaban J connectivity index is 2.43. The van der Waals surface area contributed by atoms with Crippen molar-refractivity contribution < 1.29 is 4.74 Å². The maximum Gasteiger partial charge on any atom is 0.125 e. The number of rotatable bonds is 2. The van der Waals surface area contributed by atoms with Crippen LogP contribution in [-0.4, -0.2) is 31.6 Å². The van der Waals surface area contributed by atoms with Crippen LogP contribution >= 0.6 is 11.6 Å². The van der Waals surface area contributed by atoms with Crippen LogP contribution in [0.5, 0.6) is 5.75 Å². The molecule has 0 aliphatic carbocycles. The lowest BCUT2D eigenvalue weighted by molar-refractivity contribution is 0.160. The first-order chi connectivity index (χ1) is 8.15. The molecule has 1 saturated heterocycles. The van der Waals surface area contributed by atoms with E-state index in [4.69, 9.17) is 22.1 Å². The quantitative estimate of drug-likeness (QED) is 0.881. The van der Waals surface area contributed by atoms with Crippen LogP contribution in [-0.2, 0) is 0 Å². The molecular weight excluding hydrogens is 236 g/mol. The van der Waals surface area contributed by atoms with Crippen molar-refractivity contribution in [2.45, 2.75) is 24.9 Å². The van der Waals surface area contributed by atoms with Gasteiger partial charge in [-0.1, -0.05) is 17.7 Å². The smallest absolute Gasteiger partial charge is 0.125 e. The third-order valence-electron chi connectivity index (χ3n) is 3.46. The van der Waals surface area contributed by atoms with E-state index < -0.39 is 0 Å². The molecule has 4 heteroatoms. The third-order valence-corrected chi connectivity index (χ3v) is 3.79. The fourth-order valence-corrected chi connectivity index (χ4v) is 2.89. The van der Waals surface area contributed by atoms with E-state index in [9.17, 15) is 0 Å². The van der Waals surface area contributed by atoms with E-state index in [1.54, 1.807) is 7.11 Å². The Hall–Kier alpha value is -0.770. The largest absolute Gasteiger partial charge is 0.496 e. The van der Waals surface area contributed by atoms with Crippen molar-refractivity contribution in [1.82, 2.24) is 4.90 Å². The number of likely N-dealkylation sites (N-methyl/N-ethyl adjacent to an activating group) is 1.